The molecule has 3 nitrogen and oxygen atoms in total. The number of halogens is 2. The number of carbonyl (C=O) groups is 1. The van der Waals surface area contributed by atoms with Crippen molar-refractivity contribution in [1.82, 2.24) is 4.98 Å². The van der Waals surface area contributed by atoms with Gasteiger partial charge in [-0.25, -0.2) is 14.2 Å². The van der Waals surface area contributed by atoms with Crippen molar-refractivity contribution in [2.75, 3.05) is 7.11 Å². The molecule has 0 bridgehead atoms. The molecule has 0 aliphatic carbocycles. The third-order valence-electron chi connectivity index (χ3n) is 3.40. The highest BCUT2D eigenvalue weighted by atomic mass is 35.5. The van der Waals surface area contributed by atoms with Gasteiger partial charge in [0.25, 0.3) is 0 Å². The topological polar surface area (TPSA) is 39.2 Å². The Bertz CT molecular complexity index is 862. The molecule has 6 heteroatoms. The van der Waals surface area contributed by atoms with Crippen LogP contribution in [0.15, 0.2) is 35.8 Å². The van der Waals surface area contributed by atoms with E-state index in [4.69, 9.17) is 16.3 Å². The molecule has 0 spiro atoms. The molecule has 0 aliphatic heterocycles. The Labute approximate surface area is 135 Å². The van der Waals surface area contributed by atoms with E-state index in [0.29, 0.717) is 9.72 Å². The number of esters is 1. The number of ether oxygens (including phenoxy) is 1. The fourth-order valence-electron chi connectivity index (χ4n) is 2.30. The molecule has 1 heterocycles. The van der Waals surface area contributed by atoms with Crippen molar-refractivity contribution in [1.29, 1.82) is 0 Å². The van der Waals surface area contributed by atoms with Crippen LogP contribution in [0.2, 0.25) is 5.02 Å². The first-order valence-corrected chi connectivity index (χ1v) is 7.74. The van der Waals surface area contributed by atoms with E-state index in [1.54, 1.807) is 29.8 Å². The van der Waals surface area contributed by atoms with Crippen molar-refractivity contribution in [3.8, 4) is 0 Å². The summed E-state index contributed by atoms with van der Waals surface area (Å²) in [5, 5.41) is 0.524. The van der Waals surface area contributed by atoms with E-state index in [1.165, 1.54) is 18.4 Å². The van der Waals surface area contributed by atoms with Gasteiger partial charge in [0.05, 0.1) is 22.9 Å². The number of hydrogen-bond donors (Lipinski definition) is 0. The standard InChI is InChI=1S/C16H11ClFNO2S/c1-21-16(20)11-7-13-15(19-8-22-13)14(18)10(11)6-9-4-2-3-5-12(9)17/h2-5,7-8H,6H2,1H3. The quantitative estimate of drug-likeness (QED) is 0.663. The highest BCUT2D eigenvalue weighted by Crippen LogP contribution is 2.30. The minimum absolute atomic E-state index is 0.198. The van der Waals surface area contributed by atoms with Crippen LogP contribution in [-0.4, -0.2) is 18.1 Å². The van der Waals surface area contributed by atoms with Gasteiger partial charge < -0.3 is 4.74 Å². The van der Waals surface area contributed by atoms with Crippen molar-refractivity contribution in [2.24, 2.45) is 0 Å². The van der Waals surface area contributed by atoms with Gasteiger partial charge in [-0.2, -0.15) is 0 Å². The maximum Gasteiger partial charge on any atom is 0.338 e. The number of benzene rings is 2. The summed E-state index contributed by atoms with van der Waals surface area (Å²) in [6.07, 6.45) is 0.198. The summed E-state index contributed by atoms with van der Waals surface area (Å²) in [7, 11) is 1.27. The van der Waals surface area contributed by atoms with Gasteiger partial charge in [0, 0.05) is 17.0 Å². The fourth-order valence-corrected chi connectivity index (χ4v) is 3.21. The number of nitrogens with zero attached hydrogens (tertiary/aromatic N) is 1. The molecule has 22 heavy (non-hydrogen) atoms. The van der Waals surface area contributed by atoms with Gasteiger partial charge in [-0.15, -0.1) is 11.3 Å². The Morgan fingerprint density at radius 3 is 2.91 bits per heavy atom. The molecular formula is C16H11ClFNO2S. The van der Waals surface area contributed by atoms with Crippen molar-refractivity contribution >= 4 is 39.1 Å². The molecule has 0 saturated heterocycles. The largest absolute Gasteiger partial charge is 0.465 e. The molecule has 0 amide bonds. The summed E-state index contributed by atoms with van der Waals surface area (Å²) in [4.78, 5) is 16.0. The van der Waals surface area contributed by atoms with Crippen molar-refractivity contribution < 1.29 is 13.9 Å². The Kier molecular flexibility index (Phi) is 4.09. The molecule has 0 radical (unpaired) electrons. The average molecular weight is 336 g/mol. The highest BCUT2D eigenvalue weighted by molar-refractivity contribution is 7.16. The van der Waals surface area contributed by atoms with E-state index in [-0.39, 0.29) is 23.1 Å². The predicted octanol–water partition coefficient (Wildman–Crippen LogP) is 4.47. The Balaban J connectivity index is 2.19. The monoisotopic (exact) mass is 335 g/mol. The molecule has 3 rings (SSSR count). The Hall–Kier alpha value is -1.98. The van der Waals surface area contributed by atoms with Crippen LogP contribution >= 0.6 is 22.9 Å². The van der Waals surface area contributed by atoms with Crippen LogP contribution in [-0.2, 0) is 11.2 Å². The lowest BCUT2D eigenvalue weighted by atomic mass is 9.98. The van der Waals surface area contributed by atoms with Gasteiger partial charge in [0.1, 0.15) is 5.52 Å². The molecule has 0 fully saturated rings. The number of aromatic nitrogens is 1. The van der Waals surface area contributed by atoms with Crippen molar-refractivity contribution in [3.05, 3.63) is 63.4 Å². The molecular weight excluding hydrogens is 325 g/mol. The first kappa shape index (κ1) is 14.9. The Morgan fingerprint density at radius 1 is 1.41 bits per heavy atom. The number of hydrogen-bond acceptors (Lipinski definition) is 4. The van der Waals surface area contributed by atoms with E-state index in [9.17, 15) is 9.18 Å². The summed E-state index contributed by atoms with van der Waals surface area (Å²) < 4.78 is 20.2. The lowest BCUT2D eigenvalue weighted by Crippen LogP contribution is -2.09. The molecule has 0 unspecified atom stereocenters. The summed E-state index contributed by atoms with van der Waals surface area (Å²) >= 11 is 7.41. The van der Waals surface area contributed by atoms with Crippen LogP contribution in [0.1, 0.15) is 21.5 Å². The van der Waals surface area contributed by atoms with Gasteiger partial charge in [0.2, 0.25) is 0 Å². The van der Waals surface area contributed by atoms with Gasteiger partial charge in [-0.05, 0) is 17.7 Å². The van der Waals surface area contributed by atoms with E-state index < -0.39 is 11.8 Å². The zero-order chi connectivity index (χ0) is 15.7. The number of thiazole rings is 1. The third kappa shape index (κ3) is 2.58. The summed E-state index contributed by atoms with van der Waals surface area (Å²) in [5.74, 6) is -1.07. The lowest BCUT2D eigenvalue weighted by molar-refractivity contribution is 0.0599. The predicted molar refractivity (Wildman–Crippen MR) is 85.2 cm³/mol. The minimum atomic E-state index is -0.573. The molecule has 0 saturated carbocycles. The van der Waals surface area contributed by atoms with Crippen LogP contribution in [0.5, 0.6) is 0 Å². The third-order valence-corrected chi connectivity index (χ3v) is 4.54. The molecule has 0 atom stereocenters. The number of rotatable bonds is 3. The Morgan fingerprint density at radius 2 is 2.18 bits per heavy atom. The maximum atomic E-state index is 14.8. The average Bonchev–Trinajstić information content (AvgIpc) is 2.99. The molecule has 112 valence electrons. The van der Waals surface area contributed by atoms with E-state index >= 15 is 0 Å². The van der Waals surface area contributed by atoms with Gasteiger partial charge in [-0.3, -0.25) is 0 Å². The smallest absolute Gasteiger partial charge is 0.338 e. The first-order valence-electron chi connectivity index (χ1n) is 6.48. The second kappa shape index (κ2) is 6.02. The normalized spacial score (nSPS) is 10.9. The highest BCUT2D eigenvalue weighted by Gasteiger charge is 2.21. The number of methoxy groups -OCH3 is 1. The van der Waals surface area contributed by atoms with Gasteiger partial charge in [0.15, 0.2) is 5.82 Å². The van der Waals surface area contributed by atoms with Crippen LogP contribution < -0.4 is 0 Å². The molecule has 2 aromatic carbocycles. The first-order chi connectivity index (χ1) is 10.6. The van der Waals surface area contributed by atoms with Crippen molar-refractivity contribution in [2.45, 2.75) is 6.42 Å². The minimum Gasteiger partial charge on any atom is -0.465 e. The molecule has 0 N–H and O–H groups in total. The summed E-state index contributed by atoms with van der Waals surface area (Å²) in [6, 6.07) is 8.77. The van der Waals surface area contributed by atoms with Crippen LogP contribution in [0.25, 0.3) is 10.2 Å². The van der Waals surface area contributed by atoms with Crippen molar-refractivity contribution in [3.63, 3.8) is 0 Å². The zero-order valence-corrected chi connectivity index (χ0v) is 13.2. The molecule has 1 aromatic heterocycles. The summed E-state index contributed by atoms with van der Waals surface area (Å²) in [5.41, 5.74) is 3.01. The van der Waals surface area contributed by atoms with E-state index in [1.807, 2.05) is 6.07 Å². The lowest BCUT2D eigenvalue weighted by Gasteiger charge is -2.11. The second-order valence-corrected chi connectivity index (χ2v) is 5.97. The van der Waals surface area contributed by atoms with Crippen LogP contribution in [0.3, 0.4) is 0 Å². The second-order valence-electron chi connectivity index (χ2n) is 4.68. The van der Waals surface area contributed by atoms with Gasteiger partial charge >= 0.3 is 5.97 Å². The molecule has 3 aromatic rings. The zero-order valence-electron chi connectivity index (χ0n) is 11.6. The fraction of sp³-hybridized carbons (Fsp3) is 0.125. The van der Waals surface area contributed by atoms with Crippen LogP contribution in [0.4, 0.5) is 4.39 Å². The maximum absolute atomic E-state index is 14.8. The van der Waals surface area contributed by atoms with E-state index in [2.05, 4.69) is 4.98 Å². The van der Waals surface area contributed by atoms with Gasteiger partial charge in [-0.1, -0.05) is 29.8 Å². The van der Waals surface area contributed by atoms with Crippen LogP contribution in [0, 0.1) is 5.82 Å². The SMILES string of the molecule is COC(=O)c1cc2scnc2c(F)c1Cc1ccccc1Cl. The summed E-state index contributed by atoms with van der Waals surface area (Å²) in [6.45, 7) is 0. The number of fused-ring (bicyclic) bond motifs is 1. The van der Waals surface area contributed by atoms with E-state index in [0.717, 1.165) is 5.56 Å². The molecule has 0 aliphatic rings. The number of carbonyl (C=O) groups excluding carboxylic acids is 1.